The van der Waals surface area contributed by atoms with Gasteiger partial charge in [0, 0.05) is 28.7 Å². The van der Waals surface area contributed by atoms with Gasteiger partial charge in [-0.3, -0.25) is 4.98 Å². The zero-order chi connectivity index (χ0) is 20.9. The molecular formula is C21H16F3N3OS2. The van der Waals surface area contributed by atoms with Gasteiger partial charge in [-0.05, 0) is 42.0 Å². The summed E-state index contributed by atoms with van der Waals surface area (Å²) in [7, 11) is 0. The minimum absolute atomic E-state index is 0.0882. The summed E-state index contributed by atoms with van der Waals surface area (Å²) in [5.74, 6) is 1.19. The van der Waals surface area contributed by atoms with Crippen molar-refractivity contribution in [1.82, 2.24) is 15.0 Å². The van der Waals surface area contributed by atoms with E-state index in [1.165, 1.54) is 36.0 Å². The lowest BCUT2D eigenvalue weighted by molar-refractivity contribution is -0.0497. The van der Waals surface area contributed by atoms with Crippen LogP contribution in [0.1, 0.15) is 11.3 Å². The van der Waals surface area contributed by atoms with Crippen LogP contribution in [0, 0.1) is 5.82 Å². The highest BCUT2D eigenvalue weighted by atomic mass is 32.2. The highest BCUT2D eigenvalue weighted by Crippen LogP contribution is 2.28. The van der Waals surface area contributed by atoms with E-state index in [0.29, 0.717) is 21.9 Å². The Bertz CT molecular complexity index is 1140. The van der Waals surface area contributed by atoms with Gasteiger partial charge in [0.25, 0.3) is 0 Å². The molecule has 30 heavy (non-hydrogen) atoms. The molecule has 2 aromatic heterocycles. The van der Waals surface area contributed by atoms with Crippen LogP contribution in [-0.2, 0) is 11.5 Å². The first-order valence-electron chi connectivity index (χ1n) is 8.95. The van der Waals surface area contributed by atoms with E-state index < -0.39 is 6.61 Å². The smallest absolute Gasteiger partial charge is 0.387 e. The van der Waals surface area contributed by atoms with E-state index in [-0.39, 0.29) is 11.6 Å². The molecule has 0 aliphatic heterocycles. The van der Waals surface area contributed by atoms with Gasteiger partial charge < -0.3 is 9.72 Å². The number of rotatable bonds is 8. The number of thioether (sulfide) groups is 2. The van der Waals surface area contributed by atoms with Crippen LogP contribution in [-0.4, -0.2) is 21.6 Å². The van der Waals surface area contributed by atoms with Gasteiger partial charge in [0.05, 0.1) is 16.7 Å². The van der Waals surface area contributed by atoms with E-state index in [9.17, 15) is 13.2 Å². The lowest BCUT2D eigenvalue weighted by atomic mass is 10.2. The molecule has 0 saturated heterocycles. The van der Waals surface area contributed by atoms with Crippen molar-refractivity contribution in [2.45, 2.75) is 28.2 Å². The first kappa shape index (κ1) is 20.6. The Balaban J connectivity index is 1.37. The van der Waals surface area contributed by atoms with Crippen molar-refractivity contribution in [1.29, 1.82) is 0 Å². The SMILES string of the molecule is Fc1ccc(CSc2ccnc(CSc3nc4ccc(OC(F)F)cc4[nH]3)c2)cc1. The number of fused-ring (bicyclic) bond motifs is 1. The summed E-state index contributed by atoms with van der Waals surface area (Å²) in [4.78, 5) is 13.0. The Morgan fingerprint density at radius 1 is 0.967 bits per heavy atom. The van der Waals surface area contributed by atoms with Crippen LogP contribution in [0.2, 0.25) is 0 Å². The van der Waals surface area contributed by atoms with E-state index in [1.54, 1.807) is 36.2 Å². The maximum absolute atomic E-state index is 13.0. The molecule has 1 N–H and O–H groups in total. The molecule has 4 nitrogen and oxygen atoms in total. The third-order valence-corrected chi connectivity index (χ3v) is 6.09. The van der Waals surface area contributed by atoms with Crippen molar-refractivity contribution < 1.29 is 17.9 Å². The summed E-state index contributed by atoms with van der Waals surface area (Å²) in [6, 6.07) is 15.0. The predicted octanol–water partition coefficient (Wildman–Crippen LogP) is 6.28. The summed E-state index contributed by atoms with van der Waals surface area (Å²) < 4.78 is 42.1. The number of alkyl halides is 2. The summed E-state index contributed by atoms with van der Waals surface area (Å²) in [6.07, 6.45) is 1.76. The van der Waals surface area contributed by atoms with E-state index in [2.05, 4.69) is 19.7 Å². The molecule has 4 aromatic rings. The molecule has 0 unspecified atom stereocenters. The number of pyridine rings is 1. The van der Waals surface area contributed by atoms with E-state index in [4.69, 9.17) is 0 Å². The molecule has 154 valence electrons. The highest BCUT2D eigenvalue weighted by molar-refractivity contribution is 7.98. The second-order valence-electron chi connectivity index (χ2n) is 6.29. The maximum atomic E-state index is 13.0. The van der Waals surface area contributed by atoms with Crippen molar-refractivity contribution in [2.24, 2.45) is 0 Å². The average molecular weight is 448 g/mol. The van der Waals surface area contributed by atoms with Crippen molar-refractivity contribution >= 4 is 34.6 Å². The van der Waals surface area contributed by atoms with E-state index >= 15 is 0 Å². The molecule has 0 saturated carbocycles. The Labute approximate surface area is 179 Å². The number of imidazole rings is 1. The third kappa shape index (κ3) is 5.48. The number of benzene rings is 2. The molecule has 0 aliphatic carbocycles. The Morgan fingerprint density at radius 2 is 1.80 bits per heavy atom. The summed E-state index contributed by atoms with van der Waals surface area (Å²) in [5.41, 5.74) is 3.25. The monoisotopic (exact) mass is 447 g/mol. The molecular weight excluding hydrogens is 431 g/mol. The number of ether oxygens (including phenoxy) is 1. The number of aromatic nitrogens is 3. The van der Waals surface area contributed by atoms with E-state index in [0.717, 1.165) is 21.9 Å². The summed E-state index contributed by atoms with van der Waals surface area (Å²) >= 11 is 3.13. The zero-order valence-corrected chi connectivity index (χ0v) is 17.2. The van der Waals surface area contributed by atoms with E-state index in [1.807, 2.05) is 12.1 Å². The van der Waals surface area contributed by atoms with Crippen LogP contribution >= 0.6 is 23.5 Å². The molecule has 0 fully saturated rings. The Hall–Kier alpha value is -2.65. The third-order valence-electron chi connectivity index (χ3n) is 4.12. The first-order chi connectivity index (χ1) is 14.5. The minimum Gasteiger partial charge on any atom is -0.435 e. The molecule has 4 rings (SSSR count). The Kier molecular flexibility index (Phi) is 6.49. The van der Waals surface area contributed by atoms with Crippen molar-refractivity contribution in [3.63, 3.8) is 0 Å². The van der Waals surface area contributed by atoms with Gasteiger partial charge in [-0.15, -0.1) is 11.8 Å². The topological polar surface area (TPSA) is 50.8 Å². The fourth-order valence-corrected chi connectivity index (χ4v) is 4.41. The fourth-order valence-electron chi connectivity index (χ4n) is 2.72. The predicted molar refractivity (Wildman–Crippen MR) is 112 cm³/mol. The summed E-state index contributed by atoms with van der Waals surface area (Å²) in [6.45, 7) is -2.86. The van der Waals surface area contributed by atoms with Gasteiger partial charge in [0.2, 0.25) is 0 Å². The van der Waals surface area contributed by atoms with Crippen LogP contribution in [0.25, 0.3) is 11.0 Å². The van der Waals surface area contributed by atoms with Crippen molar-refractivity contribution in [3.8, 4) is 5.75 Å². The molecule has 0 spiro atoms. The number of hydrogen-bond acceptors (Lipinski definition) is 5. The zero-order valence-electron chi connectivity index (χ0n) is 15.5. The fraction of sp³-hybridized carbons (Fsp3) is 0.143. The lowest BCUT2D eigenvalue weighted by Crippen LogP contribution is -2.01. The number of hydrogen-bond donors (Lipinski definition) is 1. The number of nitrogens with zero attached hydrogens (tertiary/aromatic N) is 2. The highest BCUT2D eigenvalue weighted by Gasteiger charge is 2.09. The van der Waals surface area contributed by atoms with Crippen LogP contribution in [0.4, 0.5) is 13.2 Å². The second kappa shape index (κ2) is 9.44. The standard InChI is InChI=1S/C21H16F3N3OS2/c22-14-3-1-13(2-4-14)11-29-17-7-8-25-15(9-17)12-30-21-26-18-6-5-16(28-20(23)24)10-19(18)27-21/h1-10,20H,11-12H2,(H,26,27). The maximum Gasteiger partial charge on any atom is 0.387 e. The summed E-state index contributed by atoms with van der Waals surface area (Å²) in [5, 5.41) is 0.672. The van der Waals surface area contributed by atoms with Gasteiger partial charge in [0.15, 0.2) is 5.16 Å². The number of H-pyrrole nitrogens is 1. The molecule has 9 heteroatoms. The molecule has 0 radical (unpaired) electrons. The molecule has 0 aliphatic rings. The number of halogens is 3. The van der Waals surface area contributed by atoms with Crippen LogP contribution in [0.15, 0.2) is 70.8 Å². The lowest BCUT2D eigenvalue weighted by Gasteiger charge is -2.04. The molecule has 0 bridgehead atoms. The molecule has 2 heterocycles. The average Bonchev–Trinajstić information content (AvgIpc) is 3.14. The quantitative estimate of drug-likeness (QED) is 0.322. The van der Waals surface area contributed by atoms with Crippen LogP contribution < -0.4 is 4.74 Å². The largest absolute Gasteiger partial charge is 0.435 e. The normalized spacial score (nSPS) is 11.3. The number of nitrogens with one attached hydrogen (secondary N) is 1. The van der Waals surface area contributed by atoms with Gasteiger partial charge in [-0.25, -0.2) is 9.37 Å². The van der Waals surface area contributed by atoms with Crippen LogP contribution in [0.5, 0.6) is 5.75 Å². The molecule has 0 amide bonds. The van der Waals surface area contributed by atoms with Crippen molar-refractivity contribution in [3.05, 3.63) is 77.9 Å². The van der Waals surface area contributed by atoms with Gasteiger partial charge >= 0.3 is 6.61 Å². The number of aromatic amines is 1. The van der Waals surface area contributed by atoms with Gasteiger partial charge in [-0.2, -0.15) is 8.78 Å². The first-order valence-corrected chi connectivity index (χ1v) is 10.9. The van der Waals surface area contributed by atoms with Gasteiger partial charge in [0.1, 0.15) is 11.6 Å². The second-order valence-corrected chi connectivity index (χ2v) is 8.30. The Morgan fingerprint density at radius 3 is 2.60 bits per heavy atom. The molecule has 0 atom stereocenters. The van der Waals surface area contributed by atoms with Crippen molar-refractivity contribution in [2.75, 3.05) is 0 Å². The minimum atomic E-state index is -2.86. The molecule has 2 aromatic carbocycles. The van der Waals surface area contributed by atoms with Crippen LogP contribution in [0.3, 0.4) is 0 Å². The van der Waals surface area contributed by atoms with Gasteiger partial charge in [-0.1, -0.05) is 23.9 Å².